The van der Waals surface area contributed by atoms with Gasteiger partial charge in [-0.05, 0) is 12.3 Å². The third kappa shape index (κ3) is 5.77. The number of ketones is 1. The van der Waals surface area contributed by atoms with Gasteiger partial charge in [0.15, 0.2) is 5.78 Å². The van der Waals surface area contributed by atoms with E-state index >= 15 is 0 Å². The molecule has 0 heterocycles. The van der Waals surface area contributed by atoms with Gasteiger partial charge in [-0.25, -0.2) is 0 Å². The summed E-state index contributed by atoms with van der Waals surface area (Å²) in [5.74, 6) is -2.23. The van der Waals surface area contributed by atoms with Crippen LogP contribution in [0.2, 0.25) is 0 Å². The van der Waals surface area contributed by atoms with Gasteiger partial charge in [0, 0.05) is 0 Å². The van der Waals surface area contributed by atoms with Crippen LogP contribution in [0, 0.1) is 5.92 Å². The van der Waals surface area contributed by atoms with E-state index in [2.05, 4.69) is 5.32 Å². The molecule has 0 radical (unpaired) electrons. The second-order valence-electron chi connectivity index (χ2n) is 4.76. The molecule has 0 aromatic rings. The summed E-state index contributed by atoms with van der Waals surface area (Å²) in [6.45, 7) is 3.14. The van der Waals surface area contributed by atoms with Crippen molar-refractivity contribution in [3.63, 3.8) is 0 Å². The van der Waals surface area contributed by atoms with E-state index in [-0.39, 0.29) is 5.92 Å². The maximum atomic E-state index is 11.9. The van der Waals surface area contributed by atoms with E-state index in [1.165, 1.54) is 0 Å². The molecule has 8 heteroatoms. The molecule has 0 fully saturated rings. The number of nitrogens with one attached hydrogen (secondary N) is 1. The minimum absolute atomic E-state index is 0.0830. The molecule has 0 aliphatic heterocycles. The second kappa shape index (κ2) is 7.82. The van der Waals surface area contributed by atoms with Gasteiger partial charge in [-0.2, -0.15) is 0 Å². The number of hydrogen-bond donors (Lipinski definition) is 5. The fourth-order valence-corrected chi connectivity index (χ4v) is 1.44. The number of carbonyl (C=O) groups excluding carboxylic acids is 3. The van der Waals surface area contributed by atoms with E-state index in [9.17, 15) is 14.4 Å². The van der Waals surface area contributed by atoms with E-state index in [0.717, 1.165) is 0 Å². The van der Waals surface area contributed by atoms with Crippen LogP contribution in [-0.2, 0) is 14.4 Å². The zero-order chi connectivity index (χ0) is 15.2. The second-order valence-corrected chi connectivity index (χ2v) is 4.76. The summed E-state index contributed by atoms with van der Waals surface area (Å²) in [6, 6.07) is -3.56. The van der Waals surface area contributed by atoms with Gasteiger partial charge in [-0.1, -0.05) is 13.8 Å². The van der Waals surface area contributed by atoms with E-state index in [1.807, 2.05) is 13.8 Å². The molecule has 0 saturated heterocycles. The van der Waals surface area contributed by atoms with Crippen molar-refractivity contribution in [1.29, 1.82) is 0 Å². The van der Waals surface area contributed by atoms with Crippen molar-refractivity contribution in [2.75, 3.05) is 6.61 Å². The van der Waals surface area contributed by atoms with Gasteiger partial charge in [0.1, 0.15) is 12.1 Å². The normalized spacial score (nSPS) is 15.7. The molecule has 0 aromatic carbocycles. The predicted molar refractivity (Wildman–Crippen MR) is 68.6 cm³/mol. The topological polar surface area (TPSA) is 162 Å². The zero-order valence-corrected chi connectivity index (χ0v) is 11.1. The van der Waals surface area contributed by atoms with Crippen molar-refractivity contribution in [3.05, 3.63) is 0 Å². The van der Waals surface area contributed by atoms with E-state index in [1.54, 1.807) is 0 Å². The standard InChI is InChI=1S/C11H22N4O4/c1-5(2)3-7(9(17)8(13)10(14)18)15-11(19)6(12)4-16/h5-8,16H,3-4,12-13H2,1-2H3,(H2,14,18)(H,15,19). The molecule has 0 spiro atoms. The Morgan fingerprint density at radius 1 is 1.21 bits per heavy atom. The highest BCUT2D eigenvalue weighted by Crippen LogP contribution is 2.07. The SMILES string of the molecule is CC(C)CC(NC(=O)C(N)CO)C(=O)C(N)C(N)=O. The average molecular weight is 274 g/mol. The number of nitrogens with two attached hydrogens (primary N) is 3. The smallest absolute Gasteiger partial charge is 0.242 e. The van der Waals surface area contributed by atoms with Crippen LogP contribution in [0.4, 0.5) is 0 Å². The van der Waals surface area contributed by atoms with Crippen molar-refractivity contribution >= 4 is 17.6 Å². The van der Waals surface area contributed by atoms with E-state index < -0.39 is 42.3 Å². The van der Waals surface area contributed by atoms with Crippen molar-refractivity contribution in [2.45, 2.75) is 38.4 Å². The molecule has 0 rings (SSSR count). The molecular formula is C11H22N4O4. The summed E-state index contributed by atoms with van der Waals surface area (Å²) in [6.07, 6.45) is 0.295. The van der Waals surface area contributed by atoms with Gasteiger partial charge in [0.25, 0.3) is 0 Å². The monoisotopic (exact) mass is 274 g/mol. The van der Waals surface area contributed by atoms with E-state index in [0.29, 0.717) is 6.42 Å². The van der Waals surface area contributed by atoms with Crippen LogP contribution in [0.15, 0.2) is 0 Å². The maximum absolute atomic E-state index is 11.9. The van der Waals surface area contributed by atoms with Crippen molar-refractivity contribution in [2.24, 2.45) is 23.1 Å². The first-order valence-corrected chi connectivity index (χ1v) is 5.96. The summed E-state index contributed by atoms with van der Waals surface area (Å²) in [7, 11) is 0. The van der Waals surface area contributed by atoms with Crippen LogP contribution >= 0.6 is 0 Å². The molecule has 19 heavy (non-hydrogen) atoms. The molecule has 0 aliphatic rings. The van der Waals surface area contributed by atoms with Gasteiger partial charge < -0.3 is 27.6 Å². The molecule has 0 aliphatic carbocycles. The summed E-state index contributed by atoms with van der Waals surface area (Å²) in [4.78, 5) is 34.4. The van der Waals surface area contributed by atoms with Crippen LogP contribution in [0.5, 0.6) is 0 Å². The third-order valence-corrected chi connectivity index (χ3v) is 2.51. The lowest BCUT2D eigenvalue weighted by Crippen LogP contribution is -2.56. The van der Waals surface area contributed by atoms with Crippen LogP contribution < -0.4 is 22.5 Å². The van der Waals surface area contributed by atoms with Crippen molar-refractivity contribution in [3.8, 4) is 0 Å². The molecule has 3 unspecified atom stereocenters. The number of amides is 2. The number of carbonyl (C=O) groups is 3. The Morgan fingerprint density at radius 2 is 1.74 bits per heavy atom. The zero-order valence-electron chi connectivity index (χ0n) is 11.1. The lowest BCUT2D eigenvalue weighted by Gasteiger charge is -2.22. The minimum atomic E-state index is -1.48. The quantitative estimate of drug-likeness (QED) is 0.301. The molecule has 0 aromatic heterocycles. The lowest BCUT2D eigenvalue weighted by molar-refractivity contribution is -0.133. The summed E-state index contributed by atoms with van der Waals surface area (Å²) >= 11 is 0. The number of Topliss-reactive ketones (excluding diaryl/α,β-unsaturated/α-hetero) is 1. The highest BCUT2D eigenvalue weighted by Gasteiger charge is 2.30. The van der Waals surface area contributed by atoms with Gasteiger partial charge in [-0.15, -0.1) is 0 Å². The Labute approximate surface area is 111 Å². The van der Waals surface area contributed by atoms with E-state index in [4.69, 9.17) is 22.3 Å². The molecule has 2 amide bonds. The molecule has 0 bridgehead atoms. The number of primary amides is 1. The Bertz CT molecular complexity index is 346. The lowest BCUT2D eigenvalue weighted by atomic mass is 9.96. The largest absolute Gasteiger partial charge is 0.394 e. The van der Waals surface area contributed by atoms with Crippen LogP contribution in [0.3, 0.4) is 0 Å². The Hall–Kier alpha value is -1.51. The average Bonchev–Trinajstić information content (AvgIpc) is 2.34. The fourth-order valence-electron chi connectivity index (χ4n) is 1.44. The van der Waals surface area contributed by atoms with Gasteiger partial charge in [0.05, 0.1) is 12.6 Å². The molecule has 8 nitrogen and oxygen atoms in total. The Balaban J connectivity index is 4.86. The maximum Gasteiger partial charge on any atom is 0.242 e. The minimum Gasteiger partial charge on any atom is -0.394 e. The molecular weight excluding hydrogens is 252 g/mol. The molecule has 3 atom stereocenters. The van der Waals surface area contributed by atoms with Crippen molar-refractivity contribution in [1.82, 2.24) is 5.32 Å². The summed E-state index contributed by atoms with van der Waals surface area (Å²) in [5, 5.41) is 11.1. The van der Waals surface area contributed by atoms with Gasteiger partial charge in [0.2, 0.25) is 11.8 Å². The number of rotatable bonds is 8. The predicted octanol–water partition coefficient (Wildman–Crippen LogP) is -2.78. The highest BCUT2D eigenvalue weighted by atomic mass is 16.3. The third-order valence-electron chi connectivity index (χ3n) is 2.51. The first-order valence-electron chi connectivity index (χ1n) is 5.96. The van der Waals surface area contributed by atoms with Crippen LogP contribution in [-0.4, -0.2) is 47.4 Å². The van der Waals surface area contributed by atoms with Crippen LogP contribution in [0.25, 0.3) is 0 Å². The first kappa shape index (κ1) is 17.5. The summed E-state index contributed by atoms with van der Waals surface area (Å²) < 4.78 is 0. The summed E-state index contributed by atoms with van der Waals surface area (Å²) in [5.41, 5.74) is 15.7. The molecule has 8 N–H and O–H groups in total. The number of hydrogen-bond acceptors (Lipinski definition) is 6. The van der Waals surface area contributed by atoms with Crippen LogP contribution in [0.1, 0.15) is 20.3 Å². The Kier molecular flexibility index (Phi) is 7.20. The van der Waals surface area contributed by atoms with Gasteiger partial charge in [-0.3, -0.25) is 14.4 Å². The van der Waals surface area contributed by atoms with Crippen molar-refractivity contribution < 1.29 is 19.5 Å². The number of aliphatic hydroxyl groups excluding tert-OH is 1. The van der Waals surface area contributed by atoms with Gasteiger partial charge >= 0.3 is 0 Å². The highest BCUT2D eigenvalue weighted by molar-refractivity contribution is 6.07. The number of aliphatic hydroxyl groups is 1. The first-order chi connectivity index (χ1) is 8.70. The Morgan fingerprint density at radius 3 is 2.11 bits per heavy atom. The fraction of sp³-hybridized carbons (Fsp3) is 0.727. The molecule has 0 saturated carbocycles. The molecule has 110 valence electrons.